The Morgan fingerprint density at radius 3 is 0.774 bits per heavy atom. The largest absolute Gasteiger partial charge is 0.741 e. The van der Waals surface area contributed by atoms with Gasteiger partial charge in [-0.1, -0.05) is 175 Å². The minimum atomic E-state index is -6.09. The smallest absolute Gasteiger partial charge is 0.485 e. The Bertz CT molecular complexity index is 3490. The van der Waals surface area contributed by atoms with Gasteiger partial charge in [-0.15, -0.1) is 0 Å². The maximum absolute atomic E-state index is 13.6. The van der Waals surface area contributed by atoms with Crippen LogP contribution in [0.15, 0.2) is 260 Å². The molecule has 0 saturated heterocycles. The van der Waals surface area contributed by atoms with Crippen molar-refractivity contribution in [1.29, 1.82) is 0 Å². The standard InChI is InChI=1S/C20H26I.2C18H15S.C12H18F2O3S.2CHF3O3S/c1-19(2,3)15-7-11-17(12-8-15)21-18-13-9-16(10-14-18)20(4,5)6;2*1-4-10-16(11-5-1)19(17-12-6-2-7-13-17)18-14-8-3-9-15-18;13-12(14,18(15,16)17)7-11-4-8-1-9(5-11)3-10(2-8)6-11;2*2-1(3,4)8(5,6)7/h7-14H,1-6H3;2*1-15H;8-10H,1-7H2,(H,15,16,17);2*(H,5,6,7)/q3*+1;;;/p-2. The van der Waals surface area contributed by atoms with Crippen molar-refractivity contribution in [1.82, 2.24) is 0 Å². The Kier molecular flexibility index (Phi) is 26.6. The molecule has 0 atom stereocenters. The number of halogens is 9. The minimum absolute atomic E-state index is 0.0146. The van der Waals surface area contributed by atoms with Crippen molar-refractivity contribution in [3.8, 4) is 0 Å². The number of alkyl halides is 8. The first-order chi connectivity index (χ1) is 43.3. The zero-order chi connectivity index (χ0) is 68.7. The number of benzene rings is 8. The molecule has 23 heteroatoms. The summed E-state index contributed by atoms with van der Waals surface area (Å²) in [7, 11) is -17.5. The SMILES string of the molecule is CC(C)(C)c1ccc([I+]c2ccc(C(C)(C)C)cc2)cc1.O=S(=O)(O)C(F)(F)CC12CC3CC(CC(C3)C1)C2.O=S(=O)([O-])C(F)(F)F.O=S(=O)([O-])C(F)(F)F.c1ccc([S+](c2ccccc2)c2ccccc2)cc1.c1ccc([S+](c2ccccc2)c2ccccc2)cc1. The molecule has 9 nitrogen and oxygen atoms in total. The van der Waals surface area contributed by atoms with Gasteiger partial charge in [0.15, 0.2) is 56.7 Å². The molecule has 500 valence electrons. The summed E-state index contributed by atoms with van der Waals surface area (Å²) in [6.07, 6.45) is 4.81. The summed E-state index contributed by atoms with van der Waals surface area (Å²) >= 11 is -0.0703. The quantitative estimate of drug-likeness (QED) is 0.0435. The fourth-order valence-electron chi connectivity index (χ4n) is 11.3. The molecular weight excluding hydrogens is 1420 g/mol. The summed E-state index contributed by atoms with van der Waals surface area (Å²) < 4.78 is 178. The molecular formula is C70H74F8IO9S5+. The normalized spacial score (nSPS) is 17.9. The number of rotatable bonds is 11. The number of hydrogen-bond donors (Lipinski definition) is 1. The third kappa shape index (κ3) is 23.3. The summed E-state index contributed by atoms with van der Waals surface area (Å²) in [5.41, 5.74) is -8.53. The van der Waals surface area contributed by atoms with Gasteiger partial charge in [0.25, 0.3) is 0 Å². The van der Waals surface area contributed by atoms with Gasteiger partial charge in [-0.2, -0.15) is 43.5 Å². The van der Waals surface area contributed by atoms with Crippen molar-refractivity contribution >= 4 is 52.1 Å². The summed E-state index contributed by atoms with van der Waals surface area (Å²) in [6.45, 7) is 13.6. The molecule has 8 aromatic rings. The first-order valence-electron chi connectivity index (χ1n) is 29.3. The zero-order valence-corrected chi connectivity index (χ0v) is 58.0. The van der Waals surface area contributed by atoms with Crippen LogP contribution in [-0.2, 0) is 63.0 Å². The second-order valence-electron chi connectivity index (χ2n) is 24.6. The molecule has 0 aromatic heterocycles. The zero-order valence-electron chi connectivity index (χ0n) is 51.8. The van der Waals surface area contributed by atoms with Gasteiger partial charge in [0.05, 0.1) is 21.8 Å². The van der Waals surface area contributed by atoms with E-state index in [1.165, 1.54) is 47.6 Å². The highest BCUT2D eigenvalue weighted by molar-refractivity contribution is 7.97. The van der Waals surface area contributed by atoms with Crippen molar-refractivity contribution in [3.05, 3.63) is 249 Å². The van der Waals surface area contributed by atoms with E-state index in [1.54, 1.807) is 0 Å². The van der Waals surface area contributed by atoms with Crippen LogP contribution in [0.2, 0.25) is 0 Å². The summed E-state index contributed by atoms with van der Waals surface area (Å²) in [4.78, 5) is 8.17. The molecule has 4 aliphatic rings. The van der Waals surface area contributed by atoms with Gasteiger partial charge in [0.2, 0.25) is 0 Å². The maximum Gasteiger partial charge on any atom is 0.485 e. The molecule has 93 heavy (non-hydrogen) atoms. The fourth-order valence-corrected chi connectivity index (χ4v) is 18.2. The molecule has 0 unspecified atom stereocenters. The Hall–Kier alpha value is -5.64. The Morgan fingerprint density at radius 1 is 0.398 bits per heavy atom. The van der Waals surface area contributed by atoms with E-state index in [1.807, 2.05) is 0 Å². The predicted octanol–water partition coefficient (Wildman–Crippen LogP) is 15.2. The number of hydrogen-bond acceptors (Lipinski definition) is 8. The van der Waals surface area contributed by atoms with Crippen LogP contribution >= 0.6 is 0 Å². The van der Waals surface area contributed by atoms with Crippen LogP contribution in [0.5, 0.6) is 0 Å². The molecule has 0 amide bonds. The lowest BCUT2D eigenvalue weighted by Gasteiger charge is -2.57. The molecule has 12 rings (SSSR count). The van der Waals surface area contributed by atoms with E-state index in [0.29, 0.717) is 37.0 Å². The first kappa shape index (κ1) is 76.4. The Balaban J connectivity index is 0.000000183. The van der Waals surface area contributed by atoms with E-state index in [2.05, 4.69) is 272 Å². The average molecular weight is 1500 g/mol. The molecule has 0 aliphatic heterocycles. The summed E-state index contributed by atoms with van der Waals surface area (Å²) in [5.74, 6) is 1.48. The van der Waals surface area contributed by atoms with E-state index in [0.717, 1.165) is 19.3 Å². The van der Waals surface area contributed by atoms with E-state index >= 15 is 0 Å². The molecule has 4 bridgehead atoms. The molecule has 4 fully saturated rings. The Labute approximate surface area is 558 Å². The van der Waals surface area contributed by atoms with Crippen molar-refractivity contribution in [2.75, 3.05) is 0 Å². The first-order valence-corrected chi connectivity index (χ1v) is 38.2. The van der Waals surface area contributed by atoms with Gasteiger partial charge in [-0.3, -0.25) is 4.55 Å². The van der Waals surface area contributed by atoms with E-state index in [9.17, 15) is 43.5 Å². The van der Waals surface area contributed by atoms with Crippen molar-refractivity contribution in [3.63, 3.8) is 0 Å². The summed E-state index contributed by atoms with van der Waals surface area (Å²) in [6, 6.07) is 82.7. The van der Waals surface area contributed by atoms with Gasteiger partial charge in [-0.05, 0) is 181 Å². The molecule has 1 N–H and O–H groups in total. The van der Waals surface area contributed by atoms with Crippen molar-refractivity contribution in [2.24, 2.45) is 23.2 Å². The minimum Gasteiger partial charge on any atom is -0.741 e. The molecule has 0 spiro atoms. The van der Waals surface area contributed by atoms with Gasteiger partial charge < -0.3 is 9.11 Å². The van der Waals surface area contributed by atoms with Crippen LogP contribution < -0.4 is 21.2 Å². The fraction of sp³-hybridized carbons (Fsp3) is 0.314. The third-order valence-electron chi connectivity index (χ3n) is 15.2. The van der Waals surface area contributed by atoms with Crippen LogP contribution in [0.4, 0.5) is 35.1 Å². The highest BCUT2D eigenvalue weighted by Gasteiger charge is 2.58. The Morgan fingerprint density at radius 2 is 0.602 bits per heavy atom. The average Bonchev–Trinajstić information content (AvgIpc) is 0.745. The molecule has 0 radical (unpaired) electrons. The van der Waals surface area contributed by atoms with Crippen LogP contribution in [-0.4, -0.2) is 55.2 Å². The highest BCUT2D eigenvalue weighted by Crippen LogP contribution is 2.63. The highest BCUT2D eigenvalue weighted by atomic mass is 127. The lowest BCUT2D eigenvalue weighted by atomic mass is 9.49. The maximum atomic E-state index is 13.6. The van der Waals surface area contributed by atoms with Crippen LogP contribution in [0.3, 0.4) is 0 Å². The third-order valence-corrected chi connectivity index (χ3v) is 24.4. The van der Waals surface area contributed by atoms with E-state index < -0.39 is 58.5 Å². The molecule has 4 aliphatic carbocycles. The van der Waals surface area contributed by atoms with E-state index in [4.69, 9.17) is 30.5 Å². The van der Waals surface area contributed by atoms with Crippen LogP contribution in [0.25, 0.3) is 0 Å². The predicted molar refractivity (Wildman–Crippen MR) is 344 cm³/mol. The lowest BCUT2D eigenvalue weighted by Crippen LogP contribution is -3.61. The van der Waals surface area contributed by atoms with E-state index in [-0.39, 0.29) is 53.8 Å². The van der Waals surface area contributed by atoms with Crippen LogP contribution in [0, 0.1) is 30.3 Å². The molecule has 8 aromatic carbocycles. The molecule has 4 saturated carbocycles. The second kappa shape index (κ2) is 32.4. The lowest BCUT2D eigenvalue weighted by molar-refractivity contribution is -0.597. The van der Waals surface area contributed by atoms with Gasteiger partial charge in [0, 0.05) is 6.42 Å². The van der Waals surface area contributed by atoms with Crippen molar-refractivity contribution in [2.45, 2.75) is 143 Å². The topological polar surface area (TPSA) is 169 Å². The van der Waals surface area contributed by atoms with Gasteiger partial charge >= 0.3 is 47.6 Å². The monoisotopic (exact) mass is 1500 g/mol. The second-order valence-corrected chi connectivity index (χ2v) is 36.0. The van der Waals surface area contributed by atoms with Crippen molar-refractivity contribution < 1.29 is 95.2 Å². The van der Waals surface area contributed by atoms with Gasteiger partial charge in [0.1, 0.15) is 0 Å². The van der Waals surface area contributed by atoms with Gasteiger partial charge in [-0.25, -0.2) is 16.8 Å². The molecule has 0 heterocycles. The van der Waals surface area contributed by atoms with Crippen LogP contribution in [0.1, 0.15) is 97.6 Å². The summed E-state index contributed by atoms with van der Waals surface area (Å²) in [5, 5.41) is -3.99.